The van der Waals surface area contributed by atoms with Crippen LogP contribution in [0.3, 0.4) is 0 Å². The van der Waals surface area contributed by atoms with Gasteiger partial charge in [0.2, 0.25) is 5.91 Å². The van der Waals surface area contributed by atoms with Gasteiger partial charge in [0.25, 0.3) is 5.91 Å². The van der Waals surface area contributed by atoms with Crippen LogP contribution in [0.25, 0.3) is 0 Å². The van der Waals surface area contributed by atoms with Crippen LogP contribution < -0.4 is 5.32 Å². The van der Waals surface area contributed by atoms with E-state index in [1.807, 2.05) is 0 Å². The molecule has 1 fully saturated rings. The molecule has 0 aromatic carbocycles. The van der Waals surface area contributed by atoms with Gasteiger partial charge in [-0.3, -0.25) is 14.6 Å². The maximum Gasteiger partial charge on any atom is 0.256 e. The molecule has 2 amide bonds. The van der Waals surface area contributed by atoms with E-state index in [0.717, 1.165) is 0 Å². The molecule has 5 heteroatoms. The summed E-state index contributed by atoms with van der Waals surface area (Å²) in [5.74, 6) is -0.251. The van der Waals surface area contributed by atoms with Crippen LogP contribution in [0.4, 0.5) is 0 Å². The molecule has 1 aromatic rings. The van der Waals surface area contributed by atoms with Crippen LogP contribution in [0.5, 0.6) is 0 Å². The largest absolute Gasteiger partial charge is 0.353 e. The predicted octanol–water partition coefficient (Wildman–Crippen LogP) is 0.0421. The molecule has 0 saturated carbocycles. The Kier molecular flexibility index (Phi) is 2.85. The second-order valence-electron chi connectivity index (χ2n) is 3.71. The summed E-state index contributed by atoms with van der Waals surface area (Å²) in [6, 6.07) is 3.00. The number of hydrogen-bond donors (Lipinski definition) is 1. The molecule has 1 N–H and O–H groups in total. The fraction of sp³-hybridized carbons (Fsp3) is 0.364. The Hall–Kier alpha value is -1.91. The summed E-state index contributed by atoms with van der Waals surface area (Å²) in [7, 11) is 0. The first-order valence-corrected chi connectivity index (χ1v) is 5.19. The Bertz CT molecular complexity index is 405. The van der Waals surface area contributed by atoms with Gasteiger partial charge in [-0.25, -0.2) is 0 Å². The van der Waals surface area contributed by atoms with Crippen LogP contribution in [-0.2, 0) is 4.79 Å². The van der Waals surface area contributed by atoms with Gasteiger partial charge in [-0.05, 0) is 19.1 Å². The molecule has 0 radical (unpaired) electrons. The Balaban J connectivity index is 2.19. The molecule has 0 spiro atoms. The molecule has 1 saturated heterocycles. The number of nitrogens with one attached hydrogen (secondary N) is 1. The Morgan fingerprint density at radius 3 is 3.12 bits per heavy atom. The molecule has 2 rings (SSSR count). The van der Waals surface area contributed by atoms with E-state index in [0.29, 0.717) is 18.7 Å². The number of carbonyl (C=O) groups is 2. The zero-order valence-corrected chi connectivity index (χ0v) is 9.01. The summed E-state index contributed by atoms with van der Waals surface area (Å²) in [5.41, 5.74) is 0.518. The smallest absolute Gasteiger partial charge is 0.256 e. The molecule has 0 aliphatic carbocycles. The van der Waals surface area contributed by atoms with Crippen molar-refractivity contribution in [1.82, 2.24) is 15.2 Å². The molecular formula is C11H13N3O2. The highest BCUT2D eigenvalue weighted by Gasteiger charge is 2.29. The van der Waals surface area contributed by atoms with Crippen molar-refractivity contribution in [2.24, 2.45) is 0 Å². The zero-order valence-electron chi connectivity index (χ0n) is 9.01. The lowest BCUT2D eigenvalue weighted by molar-refractivity contribution is -0.127. The molecule has 5 nitrogen and oxygen atoms in total. The van der Waals surface area contributed by atoms with Gasteiger partial charge >= 0.3 is 0 Å². The number of rotatable bonds is 1. The maximum absolute atomic E-state index is 12.1. The van der Waals surface area contributed by atoms with E-state index in [-0.39, 0.29) is 11.8 Å². The number of hydrogen-bond acceptors (Lipinski definition) is 3. The number of nitrogens with zero attached hydrogens (tertiary/aromatic N) is 2. The molecule has 2 heterocycles. The lowest BCUT2D eigenvalue weighted by Crippen LogP contribution is -2.55. The highest BCUT2D eigenvalue weighted by atomic mass is 16.2. The van der Waals surface area contributed by atoms with Crippen LogP contribution in [0, 0.1) is 0 Å². The average molecular weight is 219 g/mol. The van der Waals surface area contributed by atoms with Gasteiger partial charge in [0.15, 0.2) is 0 Å². The molecule has 0 bridgehead atoms. The number of carbonyl (C=O) groups excluding carboxylic acids is 2. The van der Waals surface area contributed by atoms with Crippen molar-refractivity contribution in [2.45, 2.75) is 13.0 Å². The first-order chi connectivity index (χ1) is 7.70. The Morgan fingerprint density at radius 2 is 2.44 bits per heavy atom. The Morgan fingerprint density at radius 1 is 1.62 bits per heavy atom. The number of aromatic nitrogens is 1. The third-order valence-electron chi connectivity index (χ3n) is 2.67. The van der Waals surface area contributed by atoms with E-state index in [9.17, 15) is 9.59 Å². The fourth-order valence-electron chi connectivity index (χ4n) is 1.71. The van der Waals surface area contributed by atoms with Gasteiger partial charge in [-0.15, -0.1) is 0 Å². The van der Waals surface area contributed by atoms with Gasteiger partial charge in [0, 0.05) is 25.5 Å². The van der Waals surface area contributed by atoms with Gasteiger partial charge in [-0.1, -0.05) is 0 Å². The van der Waals surface area contributed by atoms with Gasteiger partial charge in [-0.2, -0.15) is 0 Å². The zero-order chi connectivity index (χ0) is 11.5. The van der Waals surface area contributed by atoms with Crippen molar-refractivity contribution < 1.29 is 9.59 Å². The average Bonchev–Trinajstić information content (AvgIpc) is 2.33. The van der Waals surface area contributed by atoms with Gasteiger partial charge in [0.05, 0.1) is 5.56 Å². The minimum absolute atomic E-state index is 0.108. The standard InChI is InChI=1S/C11H13N3O2/c1-8-10(15)13-5-6-14(8)11(16)9-3-2-4-12-7-9/h2-4,7-8H,5-6H2,1H3,(H,13,15). The minimum atomic E-state index is -0.415. The summed E-state index contributed by atoms with van der Waals surface area (Å²) in [5, 5.41) is 2.72. The van der Waals surface area contributed by atoms with E-state index in [1.54, 1.807) is 30.2 Å². The predicted molar refractivity (Wildman–Crippen MR) is 57.7 cm³/mol. The quantitative estimate of drug-likeness (QED) is 0.725. The molecule has 1 aromatic heterocycles. The first kappa shape index (κ1) is 10.6. The maximum atomic E-state index is 12.1. The van der Waals surface area contributed by atoms with Crippen molar-refractivity contribution in [3.8, 4) is 0 Å². The molecule has 1 aliphatic rings. The van der Waals surface area contributed by atoms with Crippen LogP contribution in [0.1, 0.15) is 17.3 Å². The molecular weight excluding hydrogens is 206 g/mol. The summed E-state index contributed by atoms with van der Waals surface area (Å²) in [6.45, 7) is 2.78. The molecule has 84 valence electrons. The number of piperazine rings is 1. The van der Waals surface area contributed by atoms with Crippen molar-refractivity contribution >= 4 is 11.8 Å². The van der Waals surface area contributed by atoms with Crippen molar-refractivity contribution in [2.75, 3.05) is 13.1 Å². The normalized spacial score (nSPS) is 20.4. The van der Waals surface area contributed by atoms with E-state index < -0.39 is 6.04 Å². The van der Waals surface area contributed by atoms with Crippen molar-refractivity contribution in [1.29, 1.82) is 0 Å². The first-order valence-electron chi connectivity index (χ1n) is 5.19. The third kappa shape index (κ3) is 1.88. The van der Waals surface area contributed by atoms with Crippen LogP contribution >= 0.6 is 0 Å². The van der Waals surface area contributed by atoms with E-state index >= 15 is 0 Å². The Labute approximate surface area is 93.5 Å². The fourth-order valence-corrected chi connectivity index (χ4v) is 1.71. The summed E-state index contributed by atoms with van der Waals surface area (Å²) < 4.78 is 0. The van der Waals surface area contributed by atoms with Crippen molar-refractivity contribution in [3.05, 3.63) is 30.1 Å². The third-order valence-corrected chi connectivity index (χ3v) is 2.67. The van der Waals surface area contributed by atoms with E-state index in [2.05, 4.69) is 10.3 Å². The SMILES string of the molecule is CC1C(=O)NCCN1C(=O)c1cccnc1. The van der Waals surface area contributed by atoms with Gasteiger partial charge in [0.1, 0.15) is 6.04 Å². The van der Waals surface area contributed by atoms with E-state index in [4.69, 9.17) is 0 Å². The summed E-state index contributed by atoms with van der Waals surface area (Å²) in [4.78, 5) is 28.9. The highest BCUT2D eigenvalue weighted by molar-refractivity contribution is 5.97. The number of amides is 2. The highest BCUT2D eigenvalue weighted by Crippen LogP contribution is 2.09. The van der Waals surface area contributed by atoms with Crippen LogP contribution in [-0.4, -0.2) is 40.8 Å². The lowest BCUT2D eigenvalue weighted by atomic mass is 10.1. The molecule has 1 unspecified atom stereocenters. The summed E-state index contributed by atoms with van der Waals surface area (Å²) in [6.07, 6.45) is 3.13. The van der Waals surface area contributed by atoms with Crippen LogP contribution in [0.15, 0.2) is 24.5 Å². The van der Waals surface area contributed by atoms with Crippen LogP contribution in [0.2, 0.25) is 0 Å². The van der Waals surface area contributed by atoms with Gasteiger partial charge < -0.3 is 10.2 Å². The minimum Gasteiger partial charge on any atom is -0.353 e. The van der Waals surface area contributed by atoms with Crippen molar-refractivity contribution in [3.63, 3.8) is 0 Å². The molecule has 1 aliphatic heterocycles. The lowest BCUT2D eigenvalue weighted by Gasteiger charge is -2.32. The number of pyridine rings is 1. The molecule has 1 atom stereocenters. The second kappa shape index (κ2) is 4.30. The summed E-state index contributed by atoms with van der Waals surface area (Å²) >= 11 is 0. The monoisotopic (exact) mass is 219 g/mol. The molecule has 16 heavy (non-hydrogen) atoms. The second-order valence-corrected chi connectivity index (χ2v) is 3.71. The topological polar surface area (TPSA) is 62.3 Å². The van der Waals surface area contributed by atoms with E-state index in [1.165, 1.54) is 6.20 Å².